The number of hydrogen-bond donors (Lipinski definition) is 0. The molecule has 5 heteroatoms. The summed E-state index contributed by atoms with van der Waals surface area (Å²) in [4.78, 5) is 14.4. The molecule has 1 aromatic heterocycles. The third-order valence-corrected chi connectivity index (χ3v) is 5.96. The highest BCUT2D eigenvalue weighted by Gasteiger charge is 2.43. The number of aryl methyl sites for hydroxylation is 1. The van der Waals surface area contributed by atoms with Gasteiger partial charge in [-0.3, -0.25) is 4.79 Å². The second-order valence-electron chi connectivity index (χ2n) is 7.22. The summed E-state index contributed by atoms with van der Waals surface area (Å²) in [6.45, 7) is 0.557. The fraction of sp³-hybridized carbons (Fsp3) is 0.667. The fourth-order valence-electron chi connectivity index (χ4n) is 4.34. The van der Waals surface area contributed by atoms with Crippen molar-refractivity contribution >= 4 is 17.5 Å². The molecular formula is C18H24ClN3O. The fourth-order valence-corrected chi connectivity index (χ4v) is 4.49. The molecular weight excluding hydrogens is 310 g/mol. The maximum absolute atomic E-state index is 12.4. The Morgan fingerprint density at radius 1 is 1.48 bits per heavy atom. The molecule has 4 nitrogen and oxygen atoms in total. The predicted molar refractivity (Wildman–Crippen MR) is 89.9 cm³/mol. The van der Waals surface area contributed by atoms with Crippen LogP contribution in [0.4, 0.5) is 0 Å². The van der Waals surface area contributed by atoms with Crippen LogP contribution in [0, 0.1) is 16.7 Å². The highest BCUT2D eigenvalue weighted by molar-refractivity contribution is 6.27. The zero-order chi connectivity index (χ0) is 16.4. The molecule has 2 aliphatic carbocycles. The van der Waals surface area contributed by atoms with Gasteiger partial charge in [0.15, 0.2) is 0 Å². The van der Waals surface area contributed by atoms with Crippen LogP contribution >= 0.6 is 11.6 Å². The van der Waals surface area contributed by atoms with Crippen molar-refractivity contribution in [2.24, 2.45) is 12.5 Å². The number of rotatable bonds is 4. The lowest BCUT2D eigenvalue weighted by Crippen LogP contribution is -2.47. The summed E-state index contributed by atoms with van der Waals surface area (Å²) in [5.74, 6) is 0.0388. The maximum Gasteiger partial charge on any atom is 0.238 e. The Morgan fingerprint density at radius 2 is 2.22 bits per heavy atom. The molecule has 0 aromatic carbocycles. The summed E-state index contributed by atoms with van der Waals surface area (Å²) in [6.07, 6.45) is 10.6. The zero-order valence-corrected chi connectivity index (χ0v) is 14.5. The van der Waals surface area contributed by atoms with Crippen LogP contribution in [0.5, 0.6) is 0 Å². The smallest absolute Gasteiger partial charge is 0.238 e. The summed E-state index contributed by atoms with van der Waals surface area (Å²) in [7, 11) is 1.86. The zero-order valence-electron chi connectivity index (χ0n) is 13.7. The van der Waals surface area contributed by atoms with Crippen LogP contribution in [0.25, 0.3) is 0 Å². The number of alkyl halides is 1. The van der Waals surface area contributed by atoms with E-state index in [1.807, 2.05) is 28.8 Å². The summed E-state index contributed by atoms with van der Waals surface area (Å²) < 4.78 is 1.81. The van der Waals surface area contributed by atoms with Gasteiger partial charge in [0.2, 0.25) is 5.91 Å². The van der Waals surface area contributed by atoms with Gasteiger partial charge in [-0.15, -0.1) is 11.6 Å². The molecule has 1 amide bonds. The average Bonchev–Trinajstić information content (AvgIpc) is 2.90. The van der Waals surface area contributed by atoms with Crippen molar-refractivity contribution < 1.29 is 4.79 Å². The Kier molecular flexibility index (Phi) is 4.68. The van der Waals surface area contributed by atoms with Gasteiger partial charge in [0, 0.05) is 25.8 Å². The van der Waals surface area contributed by atoms with Crippen LogP contribution in [0.15, 0.2) is 12.3 Å². The largest absolute Gasteiger partial charge is 0.342 e. The standard InChI is InChI=1S/C18H24ClN3O/c1-21-12-14(8-16(21)11-20)13-22(17(23)10-19)15-4-2-5-18(9-15)6-3-7-18/h8,12,15H,2-7,9-10,13H2,1H3. The lowest BCUT2D eigenvalue weighted by atomic mass is 9.59. The number of halogens is 1. The molecule has 3 rings (SSSR count). The molecule has 1 atom stereocenters. The van der Waals surface area contributed by atoms with Crippen LogP contribution in [0.1, 0.15) is 56.2 Å². The van der Waals surface area contributed by atoms with E-state index in [2.05, 4.69) is 6.07 Å². The number of nitriles is 1. The summed E-state index contributed by atoms with van der Waals surface area (Å²) in [5, 5.41) is 9.11. The lowest BCUT2D eigenvalue weighted by Gasteiger charge is -2.50. The van der Waals surface area contributed by atoms with Crippen molar-refractivity contribution in [3.63, 3.8) is 0 Å². The van der Waals surface area contributed by atoms with Crippen molar-refractivity contribution in [1.29, 1.82) is 5.26 Å². The third kappa shape index (κ3) is 3.26. The quantitative estimate of drug-likeness (QED) is 0.791. The van der Waals surface area contributed by atoms with Crippen LogP contribution in [-0.2, 0) is 18.4 Å². The molecule has 1 spiro atoms. The number of hydrogen-bond acceptors (Lipinski definition) is 2. The maximum atomic E-state index is 12.4. The molecule has 1 unspecified atom stereocenters. The minimum absolute atomic E-state index is 0.00963. The lowest BCUT2D eigenvalue weighted by molar-refractivity contribution is -0.134. The molecule has 124 valence electrons. The van der Waals surface area contributed by atoms with Crippen molar-refractivity contribution in [3.8, 4) is 6.07 Å². The van der Waals surface area contributed by atoms with E-state index in [9.17, 15) is 4.79 Å². The van der Waals surface area contributed by atoms with Crippen molar-refractivity contribution in [3.05, 3.63) is 23.5 Å². The van der Waals surface area contributed by atoms with Crippen LogP contribution in [0.2, 0.25) is 0 Å². The second-order valence-corrected chi connectivity index (χ2v) is 7.48. The molecule has 0 saturated heterocycles. The summed E-state index contributed by atoms with van der Waals surface area (Å²) in [5.41, 5.74) is 2.12. The first-order valence-electron chi connectivity index (χ1n) is 8.48. The van der Waals surface area contributed by atoms with Crippen LogP contribution in [0.3, 0.4) is 0 Å². The van der Waals surface area contributed by atoms with Gasteiger partial charge < -0.3 is 9.47 Å². The molecule has 2 aliphatic rings. The Balaban J connectivity index is 1.77. The molecule has 0 radical (unpaired) electrons. The van der Waals surface area contributed by atoms with E-state index in [1.165, 1.54) is 32.1 Å². The number of carbonyl (C=O) groups excluding carboxylic acids is 1. The van der Waals surface area contributed by atoms with Gasteiger partial charge in [-0.1, -0.05) is 12.8 Å². The predicted octanol–water partition coefficient (Wildman–Crippen LogP) is 3.58. The average molecular weight is 334 g/mol. The summed E-state index contributed by atoms with van der Waals surface area (Å²) >= 11 is 5.87. The van der Waals surface area contributed by atoms with E-state index in [0.717, 1.165) is 18.4 Å². The topological polar surface area (TPSA) is 49.0 Å². The van der Waals surface area contributed by atoms with Gasteiger partial charge >= 0.3 is 0 Å². The Labute approximate surface area is 143 Å². The molecule has 0 bridgehead atoms. The molecule has 0 N–H and O–H groups in total. The van der Waals surface area contributed by atoms with Gasteiger partial charge in [0.25, 0.3) is 0 Å². The Hall–Kier alpha value is -1.47. The van der Waals surface area contributed by atoms with E-state index in [0.29, 0.717) is 23.7 Å². The Morgan fingerprint density at radius 3 is 2.78 bits per heavy atom. The van der Waals surface area contributed by atoms with E-state index >= 15 is 0 Å². The number of amides is 1. The monoisotopic (exact) mass is 333 g/mol. The minimum Gasteiger partial charge on any atom is -0.342 e. The first-order valence-corrected chi connectivity index (χ1v) is 9.01. The highest BCUT2D eigenvalue weighted by atomic mass is 35.5. The summed E-state index contributed by atoms with van der Waals surface area (Å²) in [6, 6.07) is 4.34. The third-order valence-electron chi connectivity index (χ3n) is 5.73. The molecule has 1 heterocycles. The van der Waals surface area contributed by atoms with Crippen LogP contribution in [-0.4, -0.2) is 27.3 Å². The molecule has 23 heavy (non-hydrogen) atoms. The van der Waals surface area contributed by atoms with E-state index < -0.39 is 0 Å². The van der Waals surface area contributed by atoms with Gasteiger partial charge in [-0.2, -0.15) is 5.26 Å². The highest BCUT2D eigenvalue weighted by Crippen LogP contribution is 2.52. The normalized spacial score (nSPS) is 22.4. The van der Waals surface area contributed by atoms with E-state index in [1.54, 1.807) is 0 Å². The van der Waals surface area contributed by atoms with Gasteiger partial charge in [0.1, 0.15) is 17.6 Å². The molecule has 1 aromatic rings. The van der Waals surface area contributed by atoms with E-state index in [4.69, 9.17) is 16.9 Å². The van der Waals surface area contributed by atoms with Gasteiger partial charge in [-0.25, -0.2) is 0 Å². The minimum atomic E-state index is 0.00963. The van der Waals surface area contributed by atoms with Crippen LogP contribution < -0.4 is 0 Å². The molecule has 2 saturated carbocycles. The number of aromatic nitrogens is 1. The van der Waals surface area contributed by atoms with Gasteiger partial charge in [-0.05, 0) is 49.1 Å². The van der Waals surface area contributed by atoms with Crippen molar-refractivity contribution in [1.82, 2.24) is 9.47 Å². The first-order chi connectivity index (χ1) is 11.1. The van der Waals surface area contributed by atoms with Gasteiger partial charge in [0.05, 0.1) is 0 Å². The van der Waals surface area contributed by atoms with E-state index in [-0.39, 0.29) is 11.8 Å². The molecule has 2 fully saturated rings. The SMILES string of the molecule is Cn1cc(CN(C(=O)CCl)C2CCCC3(CCC3)C2)cc1C#N. The first kappa shape index (κ1) is 16.4. The Bertz CT molecular complexity index is 627. The van der Waals surface area contributed by atoms with Crippen molar-refractivity contribution in [2.45, 2.75) is 57.5 Å². The number of carbonyl (C=O) groups is 1. The second kappa shape index (κ2) is 6.57. The van der Waals surface area contributed by atoms with Crippen molar-refractivity contribution in [2.75, 3.05) is 5.88 Å². The molecule has 0 aliphatic heterocycles. The number of nitrogens with zero attached hydrogens (tertiary/aromatic N) is 3.